The van der Waals surface area contributed by atoms with Crippen LogP contribution in [-0.4, -0.2) is 282 Å². The normalized spacial score (nSPS) is 49.1. The summed E-state index contributed by atoms with van der Waals surface area (Å²) in [6, 6.07) is -1.52. The van der Waals surface area contributed by atoms with Crippen LogP contribution in [0.5, 0.6) is 0 Å². The molecule has 18 N–H and O–H groups in total. The van der Waals surface area contributed by atoms with E-state index in [1.807, 2.05) is 0 Å². The summed E-state index contributed by atoms with van der Waals surface area (Å²) in [6.45, 7) is -3.06. The number of aliphatic hydroxyl groups excluding tert-OH is 15. The largest absolute Gasteiger partial charge is 0.394 e. The van der Waals surface area contributed by atoms with E-state index in [-0.39, 0.29) is 13.2 Å². The molecule has 0 radical (unpaired) electrons. The lowest BCUT2D eigenvalue weighted by Crippen LogP contribution is -2.67. The standard InChI is InChI=1S/C34H60N2O26/c1-9(40)36-15-21(46)19(44)13(8-55-31-26(51)22(47)16(41)10(4-37)56-31)59-30(15)54-7-14-20(45)23(48)27(52)32(60-14)61-29-25(50)18(43)12(6-39)58-34(29)62-28-24(49)17(42)11(5-38)57-33(28)53-3-2-35/h10-34,37-39,41-52H,2-8,35H2,1H3,(H,36,40)/t10-,11-,12-,13-,14-,15-,16-,17-,18-,19-,20-,21-,22+,23+,24+,25+,26-,27+,28+,29+,30+,31+,32-,33-,34-/m1/s1. The molecule has 362 valence electrons. The monoisotopic (exact) mass is 912 g/mol. The molecule has 5 aliphatic heterocycles. The smallest absolute Gasteiger partial charge is 0.217 e. The van der Waals surface area contributed by atoms with E-state index in [2.05, 4.69) is 5.32 Å². The van der Waals surface area contributed by atoms with Crippen LogP contribution in [0.15, 0.2) is 0 Å². The molecule has 0 unspecified atom stereocenters. The molecule has 0 saturated carbocycles. The van der Waals surface area contributed by atoms with Gasteiger partial charge in [-0.1, -0.05) is 0 Å². The van der Waals surface area contributed by atoms with E-state index in [9.17, 15) is 81.4 Å². The molecular weight excluding hydrogens is 852 g/mol. The maximum atomic E-state index is 12.1. The molecule has 0 aliphatic carbocycles. The molecule has 5 saturated heterocycles. The minimum absolute atomic E-state index is 0.0437. The summed E-state index contributed by atoms with van der Waals surface area (Å²) in [5.74, 6) is -0.724. The van der Waals surface area contributed by atoms with Gasteiger partial charge in [0.25, 0.3) is 0 Å². The minimum Gasteiger partial charge on any atom is -0.394 e. The van der Waals surface area contributed by atoms with Crippen LogP contribution in [0.2, 0.25) is 0 Å². The SMILES string of the molecule is CC(=O)N[C@H]1[C@@H](OC[C@H]2O[C@H](O[C@@H]3[C@@H](O[C@@H]4[C@H](OCCN)O[C@H](CO)[C@@H](O)[C@@H]4O)O[C@H](CO)[C@@H](O)[C@@H]3O)[C@@H](O)[C@@H](O)[C@@H]2O)O[C@H](CO[C@H]2O[C@H](CO)[C@@H](O)[C@H](O)[C@H]2O)[C@@H](O)[C@@H]1O. The van der Waals surface area contributed by atoms with Crippen LogP contribution >= 0.6 is 0 Å². The molecule has 28 nitrogen and oxygen atoms in total. The number of nitrogens with two attached hydrogens (primary N) is 1. The Morgan fingerprint density at radius 3 is 1.37 bits per heavy atom. The van der Waals surface area contributed by atoms with Crippen molar-refractivity contribution in [3.8, 4) is 0 Å². The molecule has 0 aromatic heterocycles. The van der Waals surface area contributed by atoms with Crippen molar-refractivity contribution in [2.24, 2.45) is 5.73 Å². The number of rotatable bonds is 17. The summed E-state index contributed by atoms with van der Waals surface area (Å²) in [5.41, 5.74) is 5.53. The van der Waals surface area contributed by atoms with Crippen LogP contribution in [0.3, 0.4) is 0 Å². The first-order valence-electron chi connectivity index (χ1n) is 19.8. The van der Waals surface area contributed by atoms with Crippen molar-refractivity contribution in [1.82, 2.24) is 5.32 Å². The Bertz CT molecular complexity index is 1380. The van der Waals surface area contributed by atoms with E-state index in [0.29, 0.717) is 0 Å². The summed E-state index contributed by atoms with van der Waals surface area (Å²) in [6.07, 6.45) is -42.7. The molecule has 0 aromatic rings. The quantitative estimate of drug-likeness (QED) is 0.0644. The molecule has 1 amide bonds. The summed E-state index contributed by atoms with van der Waals surface area (Å²) >= 11 is 0. The zero-order valence-corrected chi connectivity index (χ0v) is 33.2. The maximum absolute atomic E-state index is 12.1. The molecule has 0 spiro atoms. The summed E-state index contributed by atoms with van der Waals surface area (Å²) in [7, 11) is 0. The number of nitrogens with one attached hydrogen (secondary N) is 1. The Hall–Kier alpha value is -1.57. The summed E-state index contributed by atoms with van der Waals surface area (Å²) < 4.78 is 56.4. The Labute approximate surface area is 352 Å². The van der Waals surface area contributed by atoms with E-state index in [1.165, 1.54) is 0 Å². The molecule has 25 atom stereocenters. The number of carbonyl (C=O) groups is 1. The van der Waals surface area contributed by atoms with Crippen LogP contribution in [-0.2, 0) is 52.2 Å². The molecule has 5 fully saturated rings. The van der Waals surface area contributed by atoms with E-state index >= 15 is 0 Å². The number of aliphatic hydroxyl groups is 15. The first-order valence-corrected chi connectivity index (χ1v) is 19.8. The highest BCUT2D eigenvalue weighted by atomic mass is 16.8. The van der Waals surface area contributed by atoms with Crippen LogP contribution < -0.4 is 11.1 Å². The van der Waals surface area contributed by atoms with Crippen LogP contribution in [0, 0.1) is 0 Å². The van der Waals surface area contributed by atoms with Gasteiger partial charge >= 0.3 is 0 Å². The summed E-state index contributed by atoms with van der Waals surface area (Å²) in [5, 5.41) is 160. The second-order valence-corrected chi connectivity index (χ2v) is 15.4. The van der Waals surface area contributed by atoms with Crippen molar-refractivity contribution in [3.05, 3.63) is 0 Å². The van der Waals surface area contributed by atoms with Crippen molar-refractivity contribution in [3.63, 3.8) is 0 Å². The van der Waals surface area contributed by atoms with Gasteiger partial charge in [0, 0.05) is 13.5 Å². The van der Waals surface area contributed by atoms with Crippen molar-refractivity contribution in [2.75, 3.05) is 46.2 Å². The lowest BCUT2D eigenvalue weighted by molar-refractivity contribution is -0.394. The predicted octanol–water partition coefficient (Wildman–Crippen LogP) is -11.8. The first-order chi connectivity index (χ1) is 29.4. The first kappa shape index (κ1) is 51.4. The highest BCUT2D eigenvalue weighted by molar-refractivity contribution is 5.73. The number of carbonyl (C=O) groups excluding carboxylic acids is 1. The molecule has 5 rings (SSSR count). The highest BCUT2D eigenvalue weighted by Crippen LogP contribution is 2.34. The maximum Gasteiger partial charge on any atom is 0.217 e. The second kappa shape index (κ2) is 22.8. The third-order valence-electron chi connectivity index (χ3n) is 11.1. The second-order valence-electron chi connectivity index (χ2n) is 15.4. The van der Waals surface area contributed by atoms with Crippen molar-refractivity contribution < 1.29 is 129 Å². The minimum atomic E-state index is -2.11. The highest BCUT2D eigenvalue weighted by Gasteiger charge is 2.55. The Balaban J connectivity index is 1.31. The van der Waals surface area contributed by atoms with Gasteiger partial charge in [0.05, 0.1) is 39.6 Å². The zero-order chi connectivity index (χ0) is 45.7. The molecular formula is C34H60N2O26. The lowest BCUT2D eigenvalue weighted by atomic mass is 9.96. The van der Waals surface area contributed by atoms with Gasteiger partial charge < -0.3 is 135 Å². The lowest BCUT2D eigenvalue weighted by Gasteiger charge is -2.48. The fraction of sp³-hybridized carbons (Fsp3) is 0.971. The Morgan fingerprint density at radius 1 is 0.468 bits per heavy atom. The third kappa shape index (κ3) is 11.3. The third-order valence-corrected chi connectivity index (χ3v) is 11.1. The average molecular weight is 913 g/mol. The topological polar surface area (TPSA) is 451 Å². The number of hydrogen-bond acceptors (Lipinski definition) is 27. The van der Waals surface area contributed by atoms with Crippen LogP contribution in [0.1, 0.15) is 6.92 Å². The fourth-order valence-electron chi connectivity index (χ4n) is 7.49. The van der Waals surface area contributed by atoms with Gasteiger partial charge in [-0.15, -0.1) is 0 Å². The van der Waals surface area contributed by atoms with Crippen molar-refractivity contribution >= 4 is 5.91 Å². The molecule has 28 heteroatoms. The van der Waals surface area contributed by atoms with E-state index in [0.717, 1.165) is 6.92 Å². The molecule has 5 aliphatic rings. The molecule has 5 heterocycles. The molecule has 62 heavy (non-hydrogen) atoms. The van der Waals surface area contributed by atoms with Crippen LogP contribution in [0.25, 0.3) is 0 Å². The number of amides is 1. The van der Waals surface area contributed by atoms with Gasteiger partial charge in [0.2, 0.25) is 5.91 Å². The van der Waals surface area contributed by atoms with Crippen molar-refractivity contribution in [2.45, 2.75) is 160 Å². The summed E-state index contributed by atoms with van der Waals surface area (Å²) in [4.78, 5) is 12.1. The van der Waals surface area contributed by atoms with Crippen molar-refractivity contribution in [1.29, 1.82) is 0 Å². The Kier molecular flexibility index (Phi) is 18.9. The van der Waals surface area contributed by atoms with Gasteiger partial charge in [-0.3, -0.25) is 4.79 Å². The number of ether oxygens (including phenoxy) is 10. The Morgan fingerprint density at radius 2 is 0.855 bits per heavy atom. The average Bonchev–Trinajstić information content (AvgIpc) is 3.25. The van der Waals surface area contributed by atoms with Gasteiger partial charge in [-0.2, -0.15) is 0 Å². The van der Waals surface area contributed by atoms with E-state index < -0.39 is 192 Å². The van der Waals surface area contributed by atoms with Gasteiger partial charge in [0.15, 0.2) is 31.5 Å². The van der Waals surface area contributed by atoms with E-state index in [4.69, 9.17) is 53.1 Å². The zero-order valence-electron chi connectivity index (χ0n) is 33.2. The number of hydrogen-bond donors (Lipinski definition) is 17. The predicted molar refractivity (Wildman–Crippen MR) is 191 cm³/mol. The van der Waals surface area contributed by atoms with Crippen LogP contribution in [0.4, 0.5) is 0 Å². The van der Waals surface area contributed by atoms with Gasteiger partial charge in [0.1, 0.15) is 122 Å². The molecule has 0 aromatic carbocycles. The fourth-order valence-corrected chi connectivity index (χ4v) is 7.49. The molecule has 0 bridgehead atoms. The van der Waals surface area contributed by atoms with E-state index in [1.54, 1.807) is 0 Å². The van der Waals surface area contributed by atoms with Gasteiger partial charge in [-0.05, 0) is 0 Å². The van der Waals surface area contributed by atoms with Gasteiger partial charge in [-0.25, -0.2) is 0 Å².